The molecule has 2 N–H and O–H groups in total. The maximum absolute atomic E-state index is 5.83. The van der Waals surface area contributed by atoms with Crippen molar-refractivity contribution < 1.29 is 4.74 Å². The number of hydrogen-bond acceptors (Lipinski definition) is 4. The summed E-state index contributed by atoms with van der Waals surface area (Å²) < 4.78 is 5.83. The number of aliphatic imine (C=N–C) groups is 1. The molecule has 0 saturated carbocycles. The molecule has 1 aromatic heterocycles. The first-order chi connectivity index (χ1) is 13.7. The summed E-state index contributed by atoms with van der Waals surface area (Å²) in [6.07, 6.45) is 0.886. The molecule has 5 nitrogen and oxygen atoms in total. The van der Waals surface area contributed by atoms with Crippen LogP contribution in [0.3, 0.4) is 0 Å². The van der Waals surface area contributed by atoms with E-state index >= 15 is 0 Å². The van der Waals surface area contributed by atoms with Gasteiger partial charge in [-0.25, -0.2) is 4.98 Å². The maximum atomic E-state index is 5.83. The van der Waals surface area contributed by atoms with E-state index in [0.29, 0.717) is 13.2 Å². The van der Waals surface area contributed by atoms with Gasteiger partial charge in [0.05, 0.1) is 10.7 Å². The van der Waals surface area contributed by atoms with Gasteiger partial charge < -0.3 is 15.4 Å². The van der Waals surface area contributed by atoms with Gasteiger partial charge in [0, 0.05) is 31.9 Å². The minimum absolute atomic E-state index is 0.553. The Labute approximate surface area is 170 Å². The molecule has 0 amide bonds. The van der Waals surface area contributed by atoms with Gasteiger partial charge in [0.1, 0.15) is 12.4 Å². The molecule has 0 bridgehead atoms. The summed E-state index contributed by atoms with van der Waals surface area (Å²) in [7, 11) is 1.78. The molecular formula is C22H26N4OS. The number of nitrogens with one attached hydrogen (secondary N) is 2. The van der Waals surface area contributed by atoms with Gasteiger partial charge in [-0.1, -0.05) is 42.5 Å². The second kappa shape index (κ2) is 10.5. The quantitative estimate of drug-likeness (QED) is 0.449. The van der Waals surface area contributed by atoms with E-state index in [9.17, 15) is 0 Å². The molecule has 146 valence electrons. The number of thiazole rings is 1. The van der Waals surface area contributed by atoms with Crippen LogP contribution in [0.4, 0.5) is 0 Å². The third-order valence-electron chi connectivity index (χ3n) is 4.16. The van der Waals surface area contributed by atoms with Gasteiger partial charge in [-0.2, -0.15) is 0 Å². The standard InChI is InChI=1S/C22H26N4OS/c1-17-26-20(16-28-17)11-12-24-22(23-2)25-14-18-7-6-8-19(13-18)15-27-21-9-4-3-5-10-21/h3-10,13,16H,11-12,14-15H2,1-2H3,(H2,23,24,25). The van der Waals surface area contributed by atoms with Crippen molar-refractivity contribution in [2.45, 2.75) is 26.5 Å². The number of hydrogen-bond donors (Lipinski definition) is 2. The molecule has 28 heavy (non-hydrogen) atoms. The highest BCUT2D eigenvalue weighted by atomic mass is 32.1. The molecule has 0 aliphatic heterocycles. The molecule has 1 heterocycles. The van der Waals surface area contributed by atoms with Crippen LogP contribution in [-0.4, -0.2) is 24.5 Å². The molecule has 0 fully saturated rings. The van der Waals surface area contributed by atoms with Crippen molar-refractivity contribution in [3.8, 4) is 5.75 Å². The first-order valence-electron chi connectivity index (χ1n) is 9.34. The molecule has 3 aromatic rings. The molecule has 0 radical (unpaired) electrons. The van der Waals surface area contributed by atoms with Crippen LogP contribution in [0.2, 0.25) is 0 Å². The summed E-state index contributed by atoms with van der Waals surface area (Å²) in [5.41, 5.74) is 3.45. The van der Waals surface area contributed by atoms with Crippen LogP contribution < -0.4 is 15.4 Å². The minimum Gasteiger partial charge on any atom is -0.489 e. The number of nitrogens with zero attached hydrogens (tertiary/aromatic N) is 2. The normalized spacial score (nSPS) is 11.3. The van der Waals surface area contributed by atoms with Crippen LogP contribution >= 0.6 is 11.3 Å². The Morgan fingerprint density at radius 1 is 1.07 bits per heavy atom. The molecule has 0 saturated heterocycles. The van der Waals surface area contributed by atoms with Crippen molar-refractivity contribution in [3.63, 3.8) is 0 Å². The summed E-state index contributed by atoms with van der Waals surface area (Å²) in [4.78, 5) is 8.77. The lowest BCUT2D eigenvalue weighted by Crippen LogP contribution is -2.37. The minimum atomic E-state index is 0.553. The second-order valence-corrected chi connectivity index (χ2v) is 7.44. The summed E-state index contributed by atoms with van der Waals surface area (Å²) in [6, 6.07) is 18.3. The highest BCUT2D eigenvalue weighted by Crippen LogP contribution is 2.13. The van der Waals surface area contributed by atoms with Gasteiger partial charge in [-0.3, -0.25) is 4.99 Å². The van der Waals surface area contributed by atoms with Crippen molar-refractivity contribution in [2.75, 3.05) is 13.6 Å². The number of aromatic nitrogens is 1. The SMILES string of the molecule is CN=C(NCCc1csc(C)n1)NCc1cccc(COc2ccccc2)c1. The van der Waals surface area contributed by atoms with Gasteiger partial charge >= 0.3 is 0 Å². The highest BCUT2D eigenvalue weighted by molar-refractivity contribution is 7.09. The van der Waals surface area contributed by atoms with E-state index < -0.39 is 0 Å². The summed E-state index contributed by atoms with van der Waals surface area (Å²) in [6.45, 7) is 4.08. The fourth-order valence-electron chi connectivity index (χ4n) is 2.75. The molecule has 0 atom stereocenters. The average Bonchev–Trinajstić information content (AvgIpc) is 3.15. The van der Waals surface area contributed by atoms with E-state index in [0.717, 1.165) is 40.9 Å². The number of benzene rings is 2. The van der Waals surface area contributed by atoms with Crippen LogP contribution in [0.25, 0.3) is 0 Å². The lowest BCUT2D eigenvalue weighted by Gasteiger charge is -2.12. The molecular weight excluding hydrogens is 368 g/mol. The molecule has 2 aromatic carbocycles. The lowest BCUT2D eigenvalue weighted by molar-refractivity contribution is 0.306. The molecule has 0 aliphatic rings. The van der Waals surface area contributed by atoms with Crippen molar-refractivity contribution in [1.82, 2.24) is 15.6 Å². The molecule has 0 unspecified atom stereocenters. The average molecular weight is 395 g/mol. The molecule has 0 spiro atoms. The monoisotopic (exact) mass is 394 g/mol. The first-order valence-corrected chi connectivity index (χ1v) is 10.2. The first kappa shape index (κ1) is 19.9. The van der Waals surface area contributed by atoms with Gasteiger partial charge in [0.25, 0.3) is 0 Å². The Kier molecular flexibility index (Phi) is 7.44. The lowest BCUT2D eigenvalue weighted by atomic mass is 10.1. The van der Waals surface area contributed by atoms with Crippen molar-refractivity contribution in [1.29, 1.82) is 0 Å². The van der Waals surface area contributed by atoms with Gasteiger partial charge in [-0.15, -0.1) is 11.3 Å². The topological polar surface area (TPSA) is 58.5 Å². The van der Waals surface area contributed by atoms with E-state index in [4.69, 9.17) is 4.74 Å². The van der Waals surface area contributed by atoms with Crippen LogP contribution in [0.1, 0.15) is 21.8 Å². The highest BCUT2D eigenvalue weighted by Gasteiger charge is 2.02. The van der Waals surface area contributed by atoms with Crippen molar-refractivity contribution >= 4 is 17.3 Å². The van der Waals surface area contributed by atoms with E-state index in [-0.39, 0.29) is 0 Å². The van der Waals surface area contributed by atoms with Crippen molar-refractivity contribution in [2.24, 2.45) is 4.99 Å². The zero-order chi connectivity index (χ0) is 19.6. The summed E-state index contributed by atoms with van der Waals surface area (Å²) in [5, 5.41) is 9.91. The Bertz CT molecular complexity index is 892. The van der Waals surface area contributed by atoms with Crippen molar-refractivity contribution in [3.05, 3.63) is 81.8 Å². The number of ether oxygens (including phenoxy) is 1. The molecule has 6 heteroatoms. The largest absolute Gasteiger partial charge is 0.489 e. The fourth-order valence-corrected chi connectivity index (χ4v) is 3.40. The van der Waals surface area contributed by atoms with Crippen LogP contribution in [0.5, 0.6) is 5.75 Å². The van der Waals surface area contributed by atoms with Gasteiger partial charge in [0.2, 0.25) is 0 Å². The van der Waals surface area contributed by atoms with E-state index in [1.807, 2.05) is 37.3 Å². The molecule has 3 rings (SSSR count). The zero-order valence-electron chi connectivity index (χ0n) is 16.3. The smallest absolute Gasteiger partial charge is 0.191 e. The van der Waals surface area contributed by atoms with Crippen LogP contribution in [0, 0.1) is 6.92 Å². The maximum Gasteiger partial charge on any atom is 0.191 e. The second-order valence-electron chi connectivity index (χ2n) is 6.38. The Morgan fingerprint density at radius 3 is 2.64 bits per heavy atom. The third-order valence-corrected chi connectivity index (χ3v) is 4.99. The number of aryl methyl sites for hydroxylation is 1. The Morgan fingerprint density at radius 2 is 1.89 bits per heavy atom. The fraction of sp³-hybridized carbons (Fsp3) is 0.273. The Balaban J connectivity index is 1.44. The predicted molar refractivity (Wildman–Crippen MR) is 116 cm³/mol. The zero-order valence-corrected chi connectivity index (χ0v) is 17.1. The van der Waals surface area contributed by atoms with Crippen LogP contribution in [0.15, 0.2) is 65.0 Å². The Hall–Kier alpha value is -2.86. The van der Waals surface area contributed by atoms with Gasteiger partial charge in [0.15, 0.2) is 5.96 Å². The predicted octanol–water partition coefficient (Wildman–Crippen LogP) is 3.94. The summed E-state index contributed by atoms with van der Waals surface area (Å²) >= 11 is 1.69. The number of rotatable bonds is 8. The number of guanidine groups is 1. The van der Waals surface area contributed by atoms with Gasteiger partial charge in [-0.05, 0) is 30.2 Å². The van der Waals surface area contributed by atoms with Crippen LogP contribution in [-0.2, 0) is 19.6 Å². The number of para-hydroxylation sites is 1. The third kappa shape index (κ3) is 6.39. The summed E-state index contributed by atoms with van der Waals surface area (Å²) in [5.74, 6) is 1.67. The van der Waals surface area contributed by atoms with E-state index in [2.05, 4.69) is 50.3 Å². The molecule has 0 aliphatic carbocycles. The van der Waals surface area contributed by atoms with E-state index in [1.165, 1.54) is 5.56 Å². The van der Waals surface area contributed by atoms with E-state index in [1.54, 1.807) is 18.4 Å².